The van der Waals surface area contributed by atoms with Gasteiger partial charge in [-0.3, -0.25) is 9.59 Å². The van der Waals surface area contributed by atoms with E-state index >= 15 is 0 Å². The standard InChI is InChI=1S/C27H30ClFN4O4/c1-16(2)20-12-19(34)10-17-4-5-18(28)11-22(17)33-26-21-13-24(36-8-3-7-30-27(20)35)25(37-9-6-29)14-23(21)31-15-32-26/h4-5,11,13-16,20H,3,6-10,12H2,1-2H3,(H,30,35)(H,31,32,33). The molecule has 2 heterocycles. The number of hydrogen-bond donors (Lipinski definition) is 2. The van der Waals surface area contributed by atoms with Crippen LogP contribution in [0.5, 0.6) is 11.5 Å². The maximum atomic E-state index is 13.1. The number of nitrogens with one attached hydrogen (secondary N) is 2. The Morgan fingerprint density at radius 2 is 2.05 bits per heavy atom. The van der Waals surface area contributed by atoms with Crippen LogP contribution in [0.4, 0.5) is 15.9 Å². The van der Waals surface area contributed by atoms with Crippen molar-refractivity contribution in [3.8, 4) is 11.5 Å². The molecule has 10 heteroatoms. The minimum atomic E-state index is -0.645. The highest BCUT2D eigenvalue weighted by Crippen LogP contribution is 2.36. The molecule has 0 spiro atoms. The first-order valence-electron chi connectivity index (χ1n) is 12.3. The zero-order valence-corrected chi connectivity index (χ0v) is 21.6. The molecule has 0 aliphatic carbocycles. The summed E-state index contributed by atoms with van der Waals surface area (Å²) in [5.41, 5.74) is 1.92. The molecule has 1 unspecified atom stereocenters. The molecule has 0 saturated carbocycles. The first-order valence-corrected chi connectivity index (χ1v) is 12.7. The molecule has 1 amide bonds. The Morgan fingerprint density at radius 3 is 2.84 bits per heavy atom. The summed E-state index contributed by atoms with van der Waals surface area (Å²) in [5, 5.41) is 7.37. The molecule has 37 heavy (non-hydrogen) atoms. The van der Waals surface area contributed by atoms with Crippen LogP contribution in [0.2, 0.25) is 5.02 Å². The Morgan fingerprint density at radius 1 is 1.22 bits per heavy atom. The predicted octanol–water partition coefficient (Wildman–Crippen LogP) is 5.05. The highest BCUT2D eigenvalue weighted by molar-refractivity contribution is 6.31. The maximum Gasteiger partial charge on any atom is 0.223 e. The quantitative estimate of drug-likeness (QED) is 0.488. The SMILES string of the molecule is CC(C)C1CC(=O)Cc2ccc(Cl)cc2Nc2ncnc3cc(OCCF)c(cc23)OCCCNC1=O. The number of halogens is 2. The number of hydrogen-bond acceptors (Lipinski definition) is 7. The lowest BCUT2D eigenvalue weighted by atomic mass is 9.88. The number of benzene rings is 2. The van der Waals surface area contributed by atoms with Crippen molar-refractivity contribution in [2.24, 2.45) is 11.8 Å². The molecule has 1 atom stereocenters. The highest BCUT2D eigenvalue weighted by Gasteiger charge is 2.25. The van der Waals surface area contributed by atoms with Crippen molar-refractivity contribution in [1.82, 2.24) is 15.3 Å². The van der Waals surface area contributed by atoms with Crippen molar-refractivity contribution in [3.05, 3.63) is 47.2 Å². The molecule has 1 aliphatic heterocycles. The number of alkyl halides is 1. The molecule has 1 aromatic heterocycles. The normalized spacial score (nSPS) is 17.1. The van der Waals surface area contributed by atoms with Gasteiger partial charge in [-0.1, -0.05) is 31.5 Å². The summed E-state index contributed by atoms with van der Waals surface area (Å²) in [4.78, 5) is 34.7. The Labute approximate surface area is 219 Å². The van der Waals surface area contributed by atoms with Crippen molar-refractivity contribution in [3.63, 3.8) is 0 Å². The average Bonchev–Trinajstić information content (AvgIpc) is 2.87. The summed E-state index contributed by atoms with van der Waals surface area (Å²) in [6, 6.07) is 8.67. The third-order valence-electron chi connectivity index (χ3n) is 6.22. The van der Waals surface area contributed by atoms with E-state index in [-0.39, 0.29) is 43.7 Å². The zero-order chi connectivity index (χ0) is 26.4. The van der Waals surface area contributed by atoms with Crippen LogP contribution < -0.4 is 20.1 Å². The highest BCUT2D eigenvalue weighted by atomic mass is 35.5. The second-order valence-electron chi connectivity index (χ2n) is 9.27. The number of amides is 1. The van der Waals surface area contributed by atoms with Crippen molar-refractivity contribution in [1.29, 1.82) is 0 Å². The molecule has 196 valence electrons. The third-order valence-corrected chi connectivity index (χ3v) is 6.45. The van der Waals surface area contributed by atoms with Crippen LogP contribution in [0, 0.1) is 11.8 Å². The average molecular weight is 529 g/mol. The maximum absolute atomic E-state index is 13.1. The van der Waals surface area contributed by atoms with Gasteiger partial charge in [0.15, 0.2) is 11.5 Å². The van der Waals surface area contributed by atoms with E-state index in [1.54, 1.807) is 30.3 Å². The van der Waals surface area contributed by atoms with Crippen molar-refractivity contribution in [2.45, 2.75) is 33.1 Å². The fourth-order valence-electron chi connectivity index (χ4n) is 4.24. The van der Waals surface area contributed by atoms with E-state index in [9.17, 15) is 14.0 Å². The summed E-state index contributed by atoms with van der Waals surface area (Å²) in [6.45, 7) is 3.78. The molecule has 4 rings (SSSR count). The van der Waals surface area contributed by atoms with Crippen molar-refractivity contribution < 1.29 is 23.5 Å². The zero-order valence-electron chi connectivity index (χ0n) is 20.9. The molecule has 3 aromatic rings. The van der Waals surface area contributed by atoms with E-state index in [4.69, 9.17) is 21.1 Å². The van der Waals surface area contributed by atoms with Gasteiger partial charge in [-0.15, -0.1) is 0 Å². The van der Waals surface area contributed by atoms with Gasteiger partial charge >= 0.3 is 0 Å². The third kappa shape index (κ3) is 6.65. The Bertz CT molecular complexity index is 1290. The molecular formula is C27H30ClFN4O4. The monoisotopic (exact) mass is 528 g/mol. The van der Waals surface area contributed by atoms with Crippen LogP contribution in [0.25, 0.3) is 10.9 Å². The van der Waals surface area contributed by atoms with E-state index < -0.39 is 12.6 Å². The fourth-order valence-corrected chi connectivity index (χ4v) is 4.41. The topological polar surface area (TPSA) is 102 Å². The molecule has 2 N–H and O–H groups in total. The van der Waals surface area contributed by atoms with Crippen LogP contribution in [0.3, 0.4) is 0 Å². The van der Waals surface area contributed by atoms with E-state index in [0.717, 1.165) is 5.56 Å². The van der Waals surface area contributed by atoms with Gasteiger partial charge in [0.2, 0.25) is 5.91 Å². The molecule has 8 nitrogen and oxygen atoms in total. The Balaban J connectivity index is 1.77. The molecule has 1 aliphatic rings. The van der Waals surface area contributed by atoms with Crippen molar-refractivity contribution in [2.75, 3.05) is 31.7 Å². The number of ether oxygens (including phenoxy) is 2. The summed E-state index contributed by atoms with van der Waals surface area (Å²) in [5.74, 6) is 0.626. The number of carbonyl (C=O) groups is 2. The minimum Gasteiger partial charge on any atom is -0.490 e. The number of fused-ring (bicyclic) bond motifs is 2. The Kier molecular flexibility index (Phi) is 8.76. The number of Topliss-reactive ketones (excluding diaryl/α,β-unsaturated/α-hetero) is 1. The molecule has 0 fully saturated rings. The summed E-state index contributed by atoms with van der Waals surface area (Å²) in [6.07, 6.45) is 2.21. The lowest BCUT2D eigenvalue weighted by molar-refractivity contribution is -0.130. The lowest BCUT2D eigenvalue weighted by Gasteiger charge is -2.20. The van der Waals surface area contributed by atoms with Crippen LogP contribution >= 0.6 is 11.6 Å². The second-order valence-corrected chi connectivity index (χ2v) is 9.70. The molecule has 0 radical (unpaired) electrons. The molecular weight excluding hydrogens is 499 g/mol. The fraction of sp³-hybridized carbons (Fsp3) is 0.407. The van der Waals surface area contributed by atoms with Crippen LogP contribution in [0.15, 0.2) is 36.7 Å². The van der Waals surface area contributed by atoms with Gasteiger partial charge in [-0.05, 0) is 36.1 Å². The van der Waals surface area contributed by atoms with Crippen LogP contribution in [-0.2, 0) is 16.0 Å². The molecule has 2 aromatic carbocycles. The van der Waals surface area contributed by atoms with Gasteiger partial charge in [-0.25, -0.2) is 14.4 Å². The number of anilines is 2. The second kappa shape index (κ2) is 12.2. The smallest absolute Gasteiger partial charge is 0.223 e. The van der Waals surface area contributed by atoms with E-state index in [1.165, 1.54) is 6.33 Å². The number of carbonyl (C=O) groups excluding carboxylic acids is 2. The van der Waals surface area contributed by atoms with Crippen LogP contribution in [0.1, 0.15) is 32.3 Å². The van der Waals surface area contributed by atoms with Gasteiger partial charge in [0, 0.05) is 47.5 Å². The first kappa shape index (κ1) is 26.6. The number of nitrogens with zero attached hydrogens (tertiary/aromatic N) is 2. The summed E-state index contributed by atoms with van der Waals surface area (Å²) < 4.78 is 24.4. The molecule has 2 bridgehead atoms. The number of ketones is 1. The summed E-state index contributed by atoms with van der Waals surface area (Å²) >= 11 is 6.29. The van der Waals surface area contributed by atoms with Crippen molar-refractivity contribution >= 4 is 45.7 Å². The van der Waals surface area contributed by atoms with E-state index in [0.29, 0.717) is 51.9 Å². The largest absolute Gasteiger partial charge is 0.490 e. The van der Waals surface area contributed by atoms with Gasteiger partial charge in [0.05, 0.1) is 12.1 Å². The van der Waals surface area contributed by atoms with E-state index in [1.807, 2.05) is 13.8 Å². The summed E-state index contributed by atoms with van der Waals surface area (Å²) in [7, 11) is 0. The van der Waals surface area contributed by atoms with E-state index in [2.05, 4.69) is 20.6 Å². The van der Waals surface area contributed by atoms with Crippen LogP contribution in [-0.4, -0.2) is 48.1 Å². The Hall–Kier alpha value is -3.46. The van der Waals surface area contributed by atoms with Gasteiger partial charge in [0.25, 0.3) is 0 Å². The predicted molar refractivity (Wildman–Crippen MR) is 141 cm³/mol. The van der Waals surface area contributed by atoms with Gasteiger partial charge < -0.3 is 20.1 Å². The molecule has 0 saturated heterocycles. The minimum absolute atomic E-state index is 0.00362. The number of rotatable bonds is 4. The number of aromatic nitrogens is 2. The first-order chi connectivity index (χ1) is 17.9. The lowest BCUT2D eigenvalue weighted by Crippen LogP contribution is -2.36. The van der Waals surface area contributed by atoms with Gasteiger partial charge in [-0.2, -0.15) is 0 Å². The van der Waals surface area contributed by atoms with Gasteiger partial charge in [0.1, 0.15) is 31.2 Å².